The molecule has 0 amide bonds. The first-order valence-corrected chi connectivity index (χ1v) is 6.06. The number of aromatic hydroxyl groups is 1. The Hall–Kier alpha value is -2.76. The molecule has 0 fully saturated rings. The largest absolute Gasteiger partial charge is 0.508 e. The Morgan fingerprint density at radius 1 is 1.35 bits per heavy atom. The van der Waals surface area contributed by atoms with Gasteiger partial charge in [0.1, 0.15) is 11.4 Å². The van der Waals surface area contributed by atoms with Crippen LogP contribution in [0.15, 0.2) is 24.3 Å². The summed E-state index contributed by atoms with van der Waals surface area (Å²) in [6.07, 6.45) is 0. The Labute approximate surface area is 114 Å². The van der Waals surface area contributed by atoms with Crippen LogP contribution < -0.4 is 0 Å². The minimum atomic E-state index is -1.04. The molecular weight excluding hydrogens is 258 g/mol. The second-order valence-electron chi connectivity index (χ2n) is 4.69. The Kier molecular flexibility index (Phi) is 2.53. The Balaban J connectivity index is 2.30. The molecule has 0 radical (unpaired) electrons. The van der Waals surface area contributed by atoms with Gasteiger partial charge in [0, 0.05) is 29.8 Å². The predicted octanol–water partition coefficient (Wildman–Crippen LogP) is 2.28. The van der Waals surface area contributed by atoms with Crippen molar-refractivity contribution in [1.29, 1.82) is 0 Å². The normalized spacial score (nSPS) is 11.1. The number of aromatic amines is 1. The van der Waals surface area contributed by atoms with E-state index in [1.54, 1.807) is 12.1 Å². The van der Waals surface area contributed by atoms with Gasteiger partial charge in [-0.2, -0.15) is 5.10 Å². The minimum Gasteiger partial charge on any atom is -0.508 e. The number of hydrogen-bond acceptors (Lipinski definition) is 3. The number of carbonyl (C=O) groups is 1. The fraction of sp³-hybridized carbons (Fsp3) is 0.143. The van der Waals surface area contributed by atoms with Crippen LogP contribution in [0, 0.1) is 6.92 Å². The number of aromatic carboxylic acids is 1. The molecule has 0 atom stereocenters. The van der Waals surface area contributed by atoms with Crippen molar-refractivity contribution in [2.45, 2.75) is 6.92 Å². The zero-order valence-corrected chi connectivity index (χ0v) is 11.0. The van der Waals surface area contributed by atoms with Crippen LogP contribution in [0.2, 0.25) is 0 Å². The standard InChI is InChI=1S/C14H13N3O3/c1-7-13(10-6-11(14(19)20)16-15-10)9-4-3-8(18)5-12(9)17(7)2/h3-6,18H,1-2H3,(H,15,16)(H,19,20). The summed E-state index contributed by atoms with van der Waals surface area (Å²) in [6, 6.07) is 6.60. The molecule has 6 heteroatoms. The van der Waals surface area contributed by atoms with E-state index >= 15 is 0 Å². The molecule has 0 spiro atoms. The Morgan fingerprint density at radius 2 is 2.10 bits per heavy atom. The van der Waals surface area contributed by atoms with Crippen LogP contribution in [0.1, 0.15) is 16.2 Å². The second-order valence-corrected chi connectivity index (χ2v) is 4.69. The van der Waals surface area contributed by atoms with Crippen molar-refractivity contribution in [3.63, 3.8) is 0 Å². The molecule has 3 aromatic rings. The molecule has 3 rings (SSSR count). The lowest BCUT2D eigenvalue weighted by Crippen LogP contribution is -1.95. The van der Waals surface area contributed by atoms with E-state index in [4.69, 9.17) is 5.11 Å². The van der Waals surface area contributed by atoms with E-state index in [0.717, 1.165) is 22.2 Å². The molecule has 0 aliphatic rings. The number of benzene rings is 1. The molecule has 0 aliphatic carbocycles. The number of aromatic nitrogens is 3. The molecule has 0 unspecified atom stereocenters. The van der Waals surface area contributed by atoms with Crippen molar-refractivity contribution in [3.05, 3.63) is 35.7 Å². The smallest absolute Gasteiger partial charge is 0.353 e. The molecule has 20 heavy (non-hydrogen) atoms. The molecule has 0 aliphatic heterocycles. The van der Waals surface area contributed by atoms with Gasteiger partial charge >= 0.3 is 5.97 Å². The summed E-state index contributed by atoms with van der Waals surface area (Å²) >= 11 is 0. The summed E-state index contributed by atoms with van der Waals surface area (Å²) in [6.45, 7) is 1.93. The first-order chi connectivity index (χ1) is 9.49. The molecule has 6 nitrogen and oxygen atoms in total. The first-order valence-electron chi connectivity index (χ1n) is 6.06. The van der Waals surface area contributed by atoms with Crippen molar-refractivity contribution < 1.29 is 15.0 Å². The third kappa shape index (κ3) is 1.65. The van der Waals surface area contributed by atoms with Crippen LogP contribution in [0.5, 0.6) is 5.75 Å². The zero-order chi connectivity index (χ0) is 14.4. The number of phenols is 1. The number of fused-ring (bicyclic) bond motifs is 1. The van der Waals surface area contributed by atoms with Gasteiger partial charge in [0.2, 0.25) is 0 Å². The number of rotatable bonds is 2. The third-order valence-electron chi connectivity index (χ3n) is 3.54. The SMILES string of the molecule is Cc1c(-c2cc(C(=O)O)[nH]n2)c2ccc(O)cc2n1C. The van der Waals surface area contributed by atoms with Crippen molar-refractivity contribution in [2.75, 3.05) is 0 Å². The maximum atomic E-state index is 10.9. The molecule has 2 heterocycles. The number of carboxylic acid groups (broad SMARTS) is 1. The summed E-state index contributed by atoms with van der Waals surface area (Å²) in [4.78, 5) is 10.9. The van der Waals surface area contributed by atoms with Gasteiger partial charge in [0.25, 0.3) is 0 Å². The van der Waals surface area contributed by atoms with Gasteiger partial charge in [-0.15, -0.1) is 0 Å². The molecule has 3 N–H and O–H groups in total. The molecule has 1 aromatic carbocycles. The van der Waals surface area contributed by atoms with Crippen molar-refractivity contribution in [1.82, 2.24) is 14.8 Å². The highest BCUT2D eigenvalue weighted by molar-refractivity contribution is 5.98. The number of phenolic OH excluding ortho intramolecular Hbond substituents is 1. The van der Waals surface area contributed by atoms with E-state index in [0.29, 0.717) is 5.69 Å². The fourth-order valence-electron chi connectivity index (χ4n) is 2.43. The van der Waals surface area contributed by atoms with Crippen molar-refractivity contribution >= 4 is 16.9 Å². The molecule has 0 saturated heterocycles. The molecule has 2 aromatic heterocycles. The van der Waals surface area contributed by atoms with E-state index < -0.39 is 5.97 Å². The highest BCUT2D eigenvalue weighted by atomic mass is 16.4. The second kappa shape index (κ2) is 4.12. The van der Waals surface area contributed by atoms with Crippen LogP contribution in [0.3, 0.4) is 0 Å². The van der Waals surface area contributed by atoms with Crippen molar-refractivity contribution in [3.8, 4) is 17.0 Å². The number of hydrogen-bond donors (Lipinski definition) is 3. The maximum absolute atomic E-state index is 10.9. The number of nitrogens with zero attached hydrogens (tertiary/aromatic N) is 2. The Bertz CT molecular complexity index is 830. The first kappa shape index (κ1) is 12.3. The molecule has 0 saturated carbocycles. The molecule has 0 bridgehead atoms. The number of H-pyrrole nitrogens is 1. The van der Waals surface area contributed by atoms with E-state index in [9.17, 15) is 9.90 Å². The lowest BCUT2D eigenvalue weighted by molar-refractivity contribution is 0.0690. The van der Waals surface area contributed by atoms with Gasteiger partial charge in [-0.25, -0.2) is 4.79 Å². The molecule has 102 valence electrons. The summed E-state index contributed by atoms with van der Waals surface area (Å²) in [5.41, 5.74) is 3.32. The fourth-order valence-corrected chi connectivity index (χ4v) is 2.43. The van der Waals surface area contributed by atoms with E-state index in [-0.39, 0.29) is 11.4 Å². The number of nitrogens with one attached hydrogen (secondary N) is 1. The van der Waals surface area contributed by atoms with Crippen LogP contribution in [0.25, 0.3) is 22.2 Å². The lowest BCUT2D eigenvalue weighted by atomic mass is 10.1. The Morgan fingerprint density at radius 3 is 2.75 bits per heavy atom. The summed E-state index contributed by atoms with van der Waals surface area (Å²) in [7, 11) is 1.89. The van der Waals surface area contributed by atoms with Gasteiger partial charge in [0.15, 0.2) is 0 Å². The van der Waals surface area contributed by atoms with E-state index in [1.165, 1.54) is 6.07 Å². The zero-order valence-electron chi connectivity index (χ0n) is 11.0. The van der Waals surface area contributed by atoms with E-state index in [1.807, 2.05) is 24.6 Å². The summed E-state index contributed by atoms with van der Waals surface area (Å²) in [5, 5.41) is 26.1. The highest BCUT2D eigenvalue weighted by Crippen LogP contribution is 2.34. The van der Waals surface area contributed by atoms with Crippen LogP contribution >= 0.6 is 0 Å². The monoisotopic (exact) mass is 271 g/mol. The lowest BCUT2D eigenvalue weighted by Gasteiger charge is -1.98. The van der Waals surface area contributed by atoms with Crippen LogP contribution in [-0.2, 0) is 7.05 Å². The minimum absolute atomic E-state index is 0.0511. The predicted molar refractivity (Wildman–Crippen MR) is 73.9 cm³/mol. The van der Waals surface area contributed by atoms with Crippen LogP contribution in [-0.4, -0.2) is 30.9 Å². The third-order valence-corrected chi connectivity index (χ3v) is 3.54. The van der Waals surface area contributed by atoms with Gasteiger partial charge in [0.05, 0.1) is 11.2 Å². The topological polar surface area (TPSA) is 91.1 Å². The van der Waals surface area contributed by atoms with Gasteiger partial charge in [-0.05, 0) is 25.1 Å². The summed E-state index contributed by atoms with van der Waals surface area (Å²) < 4.78 is 1.94. The summed E-state index contributed by atoms with van der Waals surface area (Å²) in [5.74, 6) is -0.850. The average Bonchev–Trinajstić information content (AvgIpc) is 2.96. The van der Waals surface area contributed by atoms with Gasteiger partial charge in [-0.3, -0.25) is 5.10 Å². The van der Waals surface area contributed by atoms with Gasteiger partial charge < -0.3 is 14.8 Å². The average molecular weight is 271 g/mol. The highest BCUT2D eigenvalue weighted by Gasteiger charge is 2.18. The van der Waals surface area contributed by atoms with E-state index in [2.05, 4.69) is 10.2 Å². The maximum Gasteiger partial charge on any atom is 0.353 e. The quantitative estimate of drug-likeness (QED) is 0.666. The molecular formula is C14H13N3O3. The van der Waals surface area contributed by atoms with Crippen molar-refractivity contribution in [2.24, 2.45) is 7.05 Å². The van der Waals surface area contributed by atoms with Gasteiger partial charge in [-0.1, -0.05) is 0 Å². The number of carboxylic acids is 1. The van der Waals surface area contributed by atoms with Crippen LogP contribution in [0.4, 0.5) is 0 Å². The number of aryl methyl sites for hydroxylation is 1.